The van der Waals surface area contributed by atoms with E-state index < -0.39 is 0 Å². The summed E-state index contributed by atoms with van der Waals surface area (Å²) in [5.74, 6) is 0. The number of nitrogens with one attached hydrogen (secondary N) is 2. The van der Waals surface area contributed by atoms with Gasteiger partial charge in [-0.1, -0.05) is 36.4 Å². The van der Waals surface area contributed by atoms with E-state index in [0.29, 0.717) is 0 Å². The van der Waals surface area contributed by atoms with Crippen LogP contribution >= 0.6 is 0 Å². The lowest BCUT2D eigenvalue weighted by molar-refractivity contribution is 0.534. The molecule has 1 fully saturated rings. The first kappa shape index (κ1) is 12.9. The van der Waals surface area contributed by atoms with Crippen LogP contribution in [0.25, 0.3) is 6.08 Å². The third-order valence-corrected chi connectivity index (χ3v) is 2.65. The Morgan fingerprint density at radius 2 is 1.50 bits per heavy atom. The fraction of sp³-hybridized carbons (Fsp3) is 0.385. The van der Waals surface area contributed by atoms with Gasteiger partial charge in [-0.05, 0) is 17.5 Å². The number of allylic oxidation sites excluding steroid dienone is 1. The molecular formula is C13H19FN2. The Kier molecular flexibility index (Phi) is 5.75. The zero-order valence-electron chi connectivity index (χ0n) is 9.41. The van der Waals surface area contributed by atoms with Crippen LogP contribution in [0.2, 0.25) is 0 Å². The van der Waals surface area contributed by atoms with Gasteiger partial charge in [-0.2, -0.15) is 0 Å². The molecule has 2 N–H and O–H groups in total. The third-order valence-electron chi connectivity index (χ3n) is 2.65. The maximum Gasteiger partial charge on any atom is 0.00772 e. The highest BCUT2D eigenvalue weighted by Gasteiger charge is 2.00. The molecule has 3 rings (SSSR count). The van der Waals surface area contributed by atoms with Crippen molar-refractivity contribution in [2.45, 2.75) is 6.42 Å². The molecule has 3 heteroatoms. The fourth-order valence-corrected chi connectivity index (χ4v) is 1.80. The van der Waals surface area contributed by atoms with Gasteiger partial charge in [0.05, 0.1) is 0 Å². The Bertz CT molecular complexity index is 321. The van der Waals surface area contributed by atoms with Crippen molar-refractivity contribution in [3.63, 3.8) is 0 Å². The van der Waals surface area contributed by atoms with E-state index in [1.165, 1.54) is 11.1 Å². The summed E-state index contributed by atoms with van der Waals surface area (Å²) < 4.78 is 0. The second kappa shape index (κ2) is 7.14. The molecule has 1 heterocycles. The van der Waals surface area contributed by atoms with E-state index >= 15 is 0 Å². The minimum atomic E-state index is 0. The van der Waals surface area contributed by atoms with Gasteiger partial charge in [-0.3, -0.25) is 4.70 Å². The van der Waals surface area contributed by atoms with Gasteiger partial charge in [0.15, 0.2) is 0 Å². The van der Waals surface area contributed by atoms with E-state index in [4.69, 9.17) is 0 Å². The summed E-state index contributed by atoms with van der Waals surface area (Å²) in [6.07, 6.45) is 5.50. The minimum Gasteiger partial charge on any atom is -0.314 e. The lowest BCUT2D eigenvalue weighted by Gasteiger charge is -2.11. The minimum absolute atomic E-state index is 0. The lowest BCUT2D eigenvalue weighted by Crippen LogP contribution is -2.39. The van der Waals surface area contributed by atoms with Crippen LogP contribution in [0.3, 0.4) is 0 Å². The Hall–Kier alpha value is -1.19. The van der Waals surface area contributed by atoms with E-state index in [0.717, 1.165) is 32.6 Å². The predicted molar refractivity (Wildman–Crippen MR) is 67.4 cm³/mol. The molecule has 0 amide bonds. The fourth-order valence-electron chi connectivity index (χ4n) is 1.80. The van der Waals surface area contributed by atoms with Crippen molar-refractivity contribution in [1.82, 2.24) is 10.6 Å². The summed E-state index contributed by atoms with van der Waals surface area (Å²) in [5, 5.41) is 6.44. The Labute approximate surface area is 96.1 Å². The van der Waals surface area contributed by atoms with Crippen LogP contribution in [0, 0.1) is 0 Å². The standard InChI is InChI=1S/C9H8.C4H10N2.FH/c1-2-5-9-7-3-6-8(9)4-1;1-2-6-4-3-5-1;/h1-6H,7H2;5-6H,1-4H2;1H. The lowest BCUT2D eigenvalue weighted by atomic mass is 10.1. The van der Waals surface area contributed by atoms with Gasteiger partial charge in [0.2, 0.25) is 0 Å². The highest BCUT2D eigenvalue weighted by molar-refractivity contribution is 5.59. The molecule has 0 atom stereocenters. The van der Waals surface area contributed by atoms with Gasteiger partial charge >= 0.3 is 0 Å². The zero-order chi connectivity index (χ0) is 10.3. The van der Waals surface area contributed by atoms with Gasteiger partial charge in [0, 0.05) is 26.2 Å². The molecule has 0 aromatic heterocycles. The van der Waals surface area contributed by atoms with E-state index in [-0.39, 0.29) is 4.70 Å². The normalized spacial score (nSPS) is 16.8. The summed E-state index contributed by atoms with van der Waals surface area (Å²) in [6.45, 7) is 4.56. The maximum absolute atomic E-state index is 3.22. The first-order chi connectivity index (χ1) is 7.47. The van der Waals surface area contributed by atoms with Crippen LogP contribution in [0.1, 0.15) is 11.1 Å². The second-order valence-electron chi connectivity index (χ2n) is 3.81. The summed E-state index contributed by atoms with van der Waals surface area (Å²) in [7, 11) is 0. The molecule has 0 unspecified atom stereocenters. The van der Waals surface area contributed by atoms with Crippen LogP contribution in [0.5, 0.6) is 0 Å². The van der Waals surface area contributed by atoms with Gasteiger partial charge < -0.3 is 10.6 Å². The molecule has 16 heavy (non-hydrogen) atoms. The van der Waals surface area contributed by atoms with E-state index in [1.807, 2.05) is 0 Å². The third kappa shape index (κ3) is 3.76. The molecule has 1 aromatic rings. The van der Waals surface area contributed by atoms with Crippen molar-refractivity contribution in [1.29, 1.82) is 0 Å². The molecule has 0 radical (unpaired) electrons. The van der Waals surface area contributed by atoms with Crippen LogP contribution in [-0.4, -0.2) is 26.2 Å². The quantitative estimate of drug-likeness (QED) is 0.696. The van der Waals surface area contributed by atoms with E-state index in [9.17, 15) is 0 Å². The van der Waals surface area contributed by atoms with Crippen molar-refractivity contribution in [3.8, 4) is 0 Å². The molecule has 1 aliphatic carbocycles. The Balaban J connectivity index is 0.000000162. The summed E-state index contributed by atoms with van der Waals surface area (Å²) >= 11 is 0. The molecule has 0 spiro atoms. The smallest absolute Gasteiger partial charge is 0.00772 e. The number of hydrogen-bond acceptors (Lipinski definition) is 2. The first-order valence-electron chi connectivity index (χ1n) is 5.63. The van der Waals surface area contributed by atoms with Gasteiger partial charge in [0.25, 0.3) is 0 Å². The topological polar surface area (TPSA) is 24.1 Å². The molecule has 1 aliphatic heterocycles. The molecule has 2 aliphatic rings. The molecule has 1 saturated heterocycles. The Morgan fingerprint density at radius 3 is 2.06 bits per heavy atom. The second-order valence-corrected chi connectivity index (χ2v) is 3.81. The molecule has 88 valence electrons. The number of halogens is 1. The summed E-state index contributed by atoms with van der Waals surface area (Å²) in [4.78, 5) is 0. The first-order valence-corrected chi connectivity index (χ1v) is 5.63. The van der Waals surface area contributed by atoms with Gasteiger partial charge in [0.1, 0.15) is 0 Å². The molecule has 0 bridgehead atoms. The molecular weight excluding hydrogens is 203 g/mol. The monoisotopic (exact) mass is 222 g/mol. The van der Waals surface area contributed by atoms with Crippen LogP contribution < -0.4 is 10.6 Å². The van der Waals surface area contributed by atoms with Crippen LogP contribution in [0.15, 0.2) is 30.3 Å². The average Bonchev–Trinajstić information content (AvgIpc) is 2.80. The summed E-state index contributed by atoms with van der Waals surface area (Å²) in [5.41, 5.74) is 2.84. The highest BCUT2D eigenvalue weighted by atomic mass is 19.0. The summed E-state index contributed by atoms with van der Waals surface area (Å²) in [6, 6.07) is 8.49. The number of fused-ring (bicyclic) bond motifs is 1. The maximum atomic E-state index is 3.22. The predicted octanol–water partition coefficient (Wildman–Crippen LogP) is 1.59. The molecule has 0 saturated carbocycles. The van der Waals surface area contributed by atoms with Crippen molar-refractivity contribution < 1.29 is 4.70 Å². The van der Waals surface area contributed by atoms with Crippen molar-refractivity contribution in [3.05, 3.63) is 41.5 Å². The van der Waals surface area contributed by atoms with E-state index in [1.54, 1.807) is 0 Å². The van der Waals surface area contributed by atoms with Crippen molar-refractivity contribution in [2.75, 3.05) is 26.2 Å². The Morgan fingerprint density at radius 1 is 0.875 bits per heavy atom. The van der Waals surface area contributed by atoms with Crippen molar-refractivity contribution >= 4 is 6.08 Å². The van der Waals surface area contributed by atoms with Gasteiger partial charge in [-0.25, -0.2) is 0 Å². The molecule has 1 aromatic carbocycles. The van der Waals surface area contributed by atoms with Crippen LogP contribution in [-0.2, 0) is 6.42 Å². The average molecular weight is 222 g/mol. The largest absolute Gasteiger partial charge is 0.314 e. The van der Waals surface area contributed by atoms with E-state index in [2.05, 4.69) is 47.1 Å². The number of hydrogen-bond donors (Lipinski definition) is 2. The number of rotatable bonds is 0. The zero-order valence-corrected chi connectivity index (χ0v) is 9.41. The SMILES string of the molecule is C1=Cc2ccccc2C1.C1CNCCN1.F. The number of piperazine rings is 1. The highest BCUT2D eigenvalue weighted by Crippen LogP contribution is 2.17. The number of benzene rings is 1. The molecule has 2 nitrogen and oxygen atoms in total. The van der Waals surface area contributed by atoms with Gasteiger partial charge in [-0.15, -0.1) is 0 Å². The van der Waals surface area contributed by atoms with Crippen molar-refractivity contribution in [2.24, 2.45) is 0 Å². The van der Waals surface area contributed by atoms with Crippen LogP contribution in [0.4, 0.5) is 4.70 Å².